The van der Waals surface area contributed by atoms with Crippen molar-refractivity contribution in [1.82, 2.24) is 4.90 Å². The highest BCUT2D eigenvalue weighted by molar-refractivity contribution is 5.77. The van der Waals surface area contributed by atoms with Crippen LogP contribution < -0.4 is 19.9 Å². The summed E-state index contributed by atoms with van der Waals surface area (Å²) in [5, 5.41) is 10.2. The van der Waals surface area contributed by atoms with Crippen LogP contribution in [0, 0.1) is 5.92 Å². The fourth-order valence-corrected chi connectivity index (χ4v) is 5.07. The lowest BCUT2D eigenvalue weighted by molar-refractivity contribution is -0.143. The molecule has 0 bridgehead atoms. The van der Waals surface area contributed by atoms with Crippen molar-refractivity contribution >= 4 is 12.1 Å². The van der Waals surface area contributed by atoms with E-state index in [1.165, 1.54) is 10.5 Å². The highest BCUT2D eigenvalue weighted by atomic mass is 16.7. The van der Waals surface area contributed by atoms with Gasteiger partial charge in [-0.1, -0.05) is 48.5 Å². The van der Waals surface area contributed by atoms with E-state index < -0.39 is 35.5 Å². The fourth-order valence-electron chi connectivity index (χ4n) is 5.07. The number of nitrogens with two attached hydrogens (primary N) is 1. The number of carbonyl (C=O) groups is 2. The number of hydrogen-bond donors (Lipinski definition) is 2. The van der Waals surface area contributed by atoms with Crippen LogP contribution in [-0.4, -0.2) is 48.1 Å². The largest absolute Gasteiger partial charge is 0.497 e. The Morgan fingerprint density at radius 2 is 1.61 bits per heavy atom. The summed E-state index contributed by atoms with van der Waals surface area (Å²) in [5.74, 6) is -0.482. The number of hydrogen-bond acceptors (Lipinski definition) is 7. The third kappa shape index (κ3) is 7.10. The maximum absolute atomic E-state index is 13.1. The molecule has 1 fully saturated rings. The van der Waals surface area contributed by atoms with Crippen molar-refractivity contribution < 1.29 is 33.6 Å². The number of nitrogens with zero attached hydrogens (tertiary/aromatic N) is 1. The highest BCUT2D eigenvalue weighted by Crippen LogP contribution is 2.48. The predicted octanol–water partition coefficient (Wildman–Crippen LogP) is 5.91. The molecule has 0 aromatic heterocycles. The summed E-state index contributed by atoms with van der Waals surface area (Å²) in [4.78, 5) is 27.2. The summed E-state index contributed by atoms with van der Waals surface area (Å²) in [6, 6.07) is 22.0. The molecule has 9 nitrogen and oxygen atoms in total. The lowest BCUT2D eigenvalue weighted by atomic mass is 9.83. The Kier molecular flexibility index (Phi) is 9.08. The van der Waals surface area contributed by atoms with Crippen molar-refractivity contribution in [2.75, 3.05) is 20.4 Å². The Bertz CT molecular complexity index is 1340. The number of likely N-dealkylation sites (tertiary alicyclic amines) is 1. The van der Waals surface area contributed by atoms with Crippen LogP contribution in [0.3, 0.4) is 0 Å². The molecule has 1 saturated heterocycles. The average Bonchev–Trinajstić information content (AvgIpc) is 3.58. The molecular formula is C32H38N2O7. The van der Waals surface area contributed by atoms with Crippen LogP contribution in [0.4, 0.5) is 4.79 Å². The number of amides is 1. The zero-order valence-electron chi connectivity index (χ0n) is 24.1. The van der Waals surface area contributed by atoms with Gasteiger partial charge < -0.3 is 29.8 Å². The molecule has 5 rings (SSSR count). The molecule has 2 aliphatic rings. The quantitative estimate of drug-likeness (QED) is 0.394. The molecule has 0 spiro atoms. The Balaban J connectivity index is 0.000000367. The SMILES string of the molecule is COc1ccc([C@H]2[C@H](C(=O)O)[C@@H](c3ccc4c(c3)OCO4)CN2C(=O)OC(C)(C)C)cc1.C[C@@H](N)c1ccccc1. The maximum Gasteiger partial charge on any atom is 0.410 e. The summed E-state index contributed by atoms with van der Waals surface area (Å²) >= 11 is 0. The van der Waals surface area contributed by atoms with Gasteiger partial charge in [0.25, 0.3) is 0 Å². The second kappa shape index (κ2) is 12.5. The normalized spacial score (nSPS) is 20.0. The minimum atomic E-state index is -0.987. The number of fused-ring (bicyclic) bond motifs is 1. The zero-order chi connectivity index (χ0) is 29.7. The molecule has 2 aliphatic heterocycles. The van der Waals surface area contributed by atoms with Crippen LogP contribution in [0.15, 0.2) is 72.8 Å². The third-order valence-corrected chi connectivity index (χ3v) is 7.02. The van der Waals surface area contributed by atoms with Gasteiger partial charge in [0.1, 0.15) is 11.4 Å². The molecule has 0 saturated carbocycles. The predicted molar refractivity (Wildman–Crippen MR) is 154 cm³/mol. The number of ether oxygens (including phenoxy) is 4. The molecule has 3 N–H and O–H groups in total. The molecule has 0 unspecified atom stereocenters. The minimum absolute atomic E-state index is 0.129. The molecule has 4 atom stereocenters. The van der Waals surface area contributed by atoms with Gasteiger partial charge in [-0.05, 0) is 68.7 Å². The van der Waals surface area contributed by atoms with Crippen molar-refractivity contribution in [3.05, 3.63) is 89.5 Å². The number of carbonyl (C=O) groups excluding carboxylic acids is 1. The topological polar surface area (TPSA) is 121 Å². The second-order valence-electron chi connectivity index (χ2n) is 11.1. The van der Waals surface area contributed by atoms with Crippen molar-refractivity contribution in [2.45, 2.75) is 51.3 Å². The standard InChI is InChI=1S/C24H27NO7.C8H11N/c1-24(2,3)32-23(28)25-12-17(15-7-10-18-19(11-15)31-13-30-18)20(22(26)27)21(25)14-5-8-16(29-4)9-6-14;1-7(9)8-5-3-2-4-6-8/h5-11,17,20-21H,12-13H2,1-4H3,(H,26,27);2-7H,9H2,1H3/t17-,20-,21+;7-/m11/s1. The van der Waals surface area contributed by atoms with E-state index in [4.69, 9.17) is 24.7 Å². The van der Waals surface area contributed by atoms with E-state index >= 15 is 0 Å². The van der Waals surface area contributed by atoms with Gasteiger partial charge in [0, 0.05) is 18.5 Å². The Hall–Kier alpha value is -4.24. The van der Waals surface area contributed by atoms with E-state index in [1.54, 1.807) is 64.3 Å². The van der Waals surface area contributed by atoms with E-state index in [0.29, 0.717) is 22.8 Å². The number of rotatable bonds is 5. The van der Waals surface area contributed by atoms with Crippen molar-refractivity contribution in [1.29, 1.82) is 0 Å². The van der Waals surface area contributed by atoms with Crippen LogP contribution >= 0.6 is 0 Å². The van der Waals surface area contributed by atoms with Crippen LogP contribution in [0.1, 0.15) is 62.4 Å². The molecule has 218 valence electrons. The first kappa shape index (κ1) is 29.7. The maximum atomic E-state index is 13.1. The van der Waals surface area contributed by atoms with Gasteiger partial charge in [-0.3, -0.25) is 9.69 Å². The average molecular weight is 563 g/mol. The van der Waals surface area contributed by atoms with E-state index in [1.807, 2.05) is 43.3 Å². The second-order valence-corrected chi connectivity index (χ2v) is 11.1. The first-order valence-corrected chi connectivity index (χ1v) is 13.5. The molecule has 9 heteroatoms. The summed E-state index contributed by atoms with van der Waals surface area (Å²) in [7, 11) is 1.56. The smallest absolute Gasteiger partial charge is 0.410 e. The molecular weight excluding hydrogens is 524 g/mol. The van der Waals surface area contributed by atoms with Gasteiger partial charge in [0.2, 0.25) is 6.79 Å². The lowest BCUT2D eigenvalue weighted by Crippen LogP contribution is -2.38. The summed E-state index contributed by atoms with van der Waals surface area (Å²) in [5.41, 5.74) is 7.57. The van der Waals surface area contributed by atoms with Crippen LogP contribution in [0.5, 0.6) is 17.2 Å². The minimum Gasteiger partial charge on any atom is -0.497 e. The summed E-state index contributed by atoms with van der Waals surface area (Å²) < 4.78 is 21.7. The first-order chi connectivity index (χ1) is 19.5. The Labute approximate surface area is 240 Å². The van der Waals surface area contributed by atoms with Crippen molar-refractivity contribution in [3.63, 3.8) is 0 Å². The van der Waals surface area contributed by atoms with Crippen LogP contribution in [-0.2, 0) is 9.53 Å². The van der Waals surface area contributed by atoms with Gasteiger partial charge in [-0.2, -0.15) is 0 Å². The van der Waals surface area contributed by atoms with Gasteiger partial charge in [-0.15, -0.1) is 0 Å². The number of carboxylic acids is 1. The van der Waals surface area contributed by atoms with Gasteiger partial charge in [0.05, 0.1) is 19.1 Å². The van der Waals surface area contributed by atoms with E-state index in [2.05, 4.69) is 0 Å². The molecule has 41 heavy (non-hydrogen) atoms. The first-order valence-electron chi connectivity index (χ1n) is 13.5. The van der Waals surface area contributed by atoms with Gasteiger partial charge in [0.15, 0.2) is 11.5 Å². The number of benzene rings is 3. The number of aliphatic carboxylic acids is 1. The number of carboxylic acid groups (broad SMARTS) is 1. The lowest BCUT2D eigenvalue weighted by Gasteiger charge is -2.30. The number of methoxy groups -OCH3 is 1. The van der Waals surface area contributed by atoms with Gasteiger partial charge in [-0.25, -0.2) is 4.79 Å². The zero-order valence-corrected chi connectivity index (χ0v) is 24.1. The summed E-state index contributed by atoms with van der Waals surface area (Å²) in [6.45, 7) is 7.66. The molecule has 0 aliphatic carbocycles. The Morgan fingerprint density at radius 1 is 0.976 bits per heavy atom. The molecule has 3 aromatic rings. The third-order valence-electron chi connectivity index (χ3n) is 7.02. The molecule has 0 radical (unpaired) electrons. The Morgan fingerprint density at radius 3 is 2.17 bits per heavy atom. The van der Waals surface area contributed by atoms with E-state index in [9.17, 15) is 14.7 Å². The van der Waals surface area contributed by atoms with Crippen molar-refractivity contribution in [2.24, 2.45) is 11.7 Å². The van der Waals surface area contributed by atoms with Crippen LogP contribution in [0.2, 0.25) is 0 Å². The molecule has 1 amide bonds. The van der Waals surface area contributed by atoms with E-state index in [0.717, 1.165) is 5.56 Å². The summed E-state index contributed by atoms with van der Waals surface area (Å²) in [6.07, 6.45) is -0.548. The van der Waals surface area contributed by atoms with Crippen molar-refractivity contribution in [3.8, 4) is 17.2 Å². The van der Waals surface area contributed by atoms with Crippen LogP contribution in [0.25, 0.3) is 0 Å². The van der Waals surface area contributed by atoms with Gasteiger partial charge >= 0.3 is 12.1 Å². The fraction of sp³-hybridized carbons (Fsp3) is 0.375. The molecule has 2 heterocycles. The molecule has 3 aromatic carbocycles. The monoisotopic (exact) mass is 562 g/mol. The highest BCUT2D eigenvalue weighted by Gasteiger charge is 2.50. The van der Waals surface area contributed by atoms with E-state index in [-0.39, 0.29) is 19.4 Å².